The molecule has 0 saturated heterocycles. The zero-order chi connectivity index (χ0) is 13.2. The molecule has 3 N–H and O–H groups in total. The van der Waals surface area contributed by atoms with E-state index in [9.17, 15) is 4.79 Å². The minimum Gasteiger partial charge on any atom is -0.449 e. The van der Waals surface area contributed by atoms with Gasteiger partial charge in [-0.2, -0.15) is 0 Å². The number of nitrogen functional groups attached to an aromatic ring is 1. The van der Waals surface area contributed by atoms with E-state index >= 15 is 0 Å². The lowest BCUT2D eigenvalue weighted by molar-refractivity contribution is -0.115. The lowest BCUT2D eigenvalue weighted by atomic mass is 10.2. The molecule has 94 valence electrons. The molecule has 5 heteroatoms. The number of nitrogens with one attached hydrogen (secondary N) is 1. The molecule has 0 radical (unpaired) electrons. The van der Waals surface area contributed by atoms with E-state index in [4.69, 9.17) is 10.5 Å². The highest BCUT2D eigenvalue weighted by Crippen LogP contribution is 2.32. The molecule has 1 aromatic carbocycles. The van der Waals surface area contributed by atoms with E-state index in [0.717, 1.165) is 0 Å². The van der Waals surface area contributed by atoms with Crippen molar-refractivity contribution in [3.63, 3.8) is 0 Å². The Labute approximate surface area is 109 Å². The van der Waals surface area contributed by atoms with Crippen LogP contribution in [0, 0.1) is 0 Å². The fourth-order valence-electron chi connectivity index (χ4n) is 1.77. The Kier molecular flexibility index (Phi) is 2.64. The highest BCUT2D eigenvalue weighted by Gasteiger charge is 2.22. The molecule has 3 rings (SSSR count). The van der Waals surface area contributed by atoms with Crippen LogP contribution in [0.3, 0.4) is 0 Å². The van der Waals surface area contributed by atoms with Crippen LogP contribution in [0.1, 0.15) is 5.69 Å². The lowest BCUT2D eigenvalue weighted by Gasteiger charge is -2.20. The largest absolute Gasteiger partial charge is 0.449 e. The summed E-state index contributed by atoms with van der Waals surface area (Å²) in [6.45, 7) is 0. The first-order chi connectivity index (χ1) is 9.22. The average molecular weight is 253 g/mol. The van der Waals surface area contributed by atoms with Gasteiger partial charge < -0.3 is 15.8 Å². The zero-order valence-corrected chi connectivity index (χ0v) is 9.96. The predicted octanol–water partition coefficient (Wildman–Crippen LogP) is 2.04. The van der Waals surface area contributed by atoms with E-state index in [2.05, 4.69) is 10.3 Å². The summed E-state index contributed by atoms with van der Waals surface area (Å²) in [6, 6.07) is 10.5. The summed E-state index contributed by atoms with van der Waals surface area (Å²) in [5.41, 5.74) is 7.53. The molecular formula is C14H11N3O2. The Bertz CT molecular complexity index is 666. The second kappa shape index (κ2) is 4.45. The van der Waals surface area contributed by atoms with Crippen molar-refractivity contribution in [2.75, 3.05) is 11.1 Å². The molecular weight excluding hydrogens is 242 g/mol. The number of carbonyl (C=O) groups is 1. The van der Waals surface area contributed by atoms with Crippen molar-refractivity contribution < 1.29 is 9.53 Å². The first-order valence-corrected chi connectivity index (χ1v) is 5.74. The number of hydrogen-bond acceptors (Lipinski definition) is 4. The Balaban J connectivity index is 1.97. The van der Waals surface area contributed by atoms with Crippen LogP contribution >= 0.6 is 0 Å². The summed E-state index contributed by atoms with van der Waals surface area (Å²) >= 11 is 0. The van der Waals surface area contributed by atoms with E-state index in [1.54, 1.807) is 42.6 Å². The van der Waals surface area contributed by atoms with E-state index in [1.807, 2.05) is 6.07 Å². The number of rotatable bonds is 1. The van der Waals surface area contributed by atoms with Crippen LogP contribution in [-0.4, -0.2) is 10.9 Å². The van der Waals surface area contributed by atoms with E-state index < -0.39 is 0 Å². The van der Waals surface area contributed by atoms with Gasteiger partial charge in [-0.05, 0) is 24.3 Å². The van der Waals surface area contributed by atoms with Crippen molar-refractivity contribution >= 4 is 23.4 Å². The molecule has 0 saturated carbocycles. The average Bonchev–Trinajstić information content (AvgIpc) is 2.41. The number of amides is 1. The van der Waals surface area contributed by atoms with Crippen LogP contribution in [0.25, 0.3) is 6.08 Å². The summed E-state index contributed by atoms with van der Waals surface area (Å²) in [5, 5.41) is 2.74. The van der Waals surface area contributed by atoms with Gasteiger partial charge in [-0.15, -0.1) is 0 Å². The molecule has 0 aliphatic carbocycles. The predicted molar refractivity (Wildman–Crippen MR) is 72.3 cm³/mol. The van der Waals surface area contributed by atoms with Gasteiger partial charge >= 0.3 is 0 Å². The third kappa shape index (κ3) is 2.26. The number of nitrogens with zero attached hydrogens (tertiary/aromatic N) is 1. The van der Waals surface area contributed by atoms with E-state index in [1.165, 1.54) is 0 Å². The summed E-state index contributed by atoms with van der Waals surface area (Å²) in [5.74, 6) is 0.418. The van der Waals surface area contributed by atoms with Crippen molar-refractivity contribution in [3.05, 3.63) is 54.0 Å². The second-order valence-electron chi connectivity index (χ2n) is 4.07. The zero-order valence-electron chi connectivity index (χ0n) is 9.96. The fraction of sp³-hybridized carbons (Fsp3) is 0. The standard InChI is InChI=1S/C14H11N3O2/c15-9-4-5-11-12(7-9)19-13(14(18)17-11)8-10-3-1-2-6-16-10/h1-8H,15H2,(H,17,18)/b13-8+. The normalized spacial score (nSPS) is 15.6. The van der Waals surface area contributed by atoms with Gasteiger partial charge in [0.15, 0.2) is 11.5 Å². The quantitative estimate of drug-likeness (QED) is 0.602. The molecule has 0 spiro atoms. The molecule has 2 heterocycles. The highest BCUT2D eigenvalue weighted by molar-refractivity contribution is 6.08. The second-order valence-corrected chi connectivity index (χ2v) is 4.07. The van der Waals surface area contributed by atoms with Gasteiger partial charge in [0.25, 0.3) is 5.91 Å². The molecule has 1 aliphatic heterocycles. The summed E-state index contributed by atoms with van der Waals surface area (Å²) in [7, 11) is 0. The molecule has 0 atom stereocenters. The monoisotopic (exact) mass is 253 g/mol. The third-order valence-electron chi connectivity index (χ3n) is 2.66. The SMILES string of the molecule is Nc1ccc2c(c1)O/C(=C/c1ccccn1)C(=O)N2. The lowest BCUT2D eigenvalue weighted by Crippen LogP contribution is -2.23. The molecule has 0 unspecified atom stereocenters. The van der Waals surface area contributed by atoms with E-state index in [0.29, 0.717) is 22.8 Å². The fourth-order valence-corrected chi connectivity index (χ4v) is 1.77. The molecule has 1 aliphatic rings. The first kappa shape index (κ1) is 11.3. The number of ether oxygens (including phenoxy) is 1. The molecule has 0 bridgehead atoms. The maximum atomic E-state index is 11.9. The molecule has 1 amide bonds. The van der Waals surface area contributed by atoms with Crippen molar-refractivity contribution in [2.24, 2.45) is 0 Å². The topological polar surface area (TPSA) is 77.2 Å². The minimum absolute atomic E-state index is 0.191. The van der Waals surface area contributed by atoms with Gasteiger partial charge in [0, 0.05) is 24.0 Å². The van der Waals surface area contributed by atoms with Crippen LogP contribution in [0.4, 0.5) is 11.4 Å². The Morgan fingerprint density at radius 3 is 2.95 bits per heavy atom. The van der Waals surface area contributed by atoms with Crippen molar-refractivity contribution in [1.82, 2.24) is 4.98 Å². The number of benzene rings is 1. The molecule has 1 aromatic heterocycles. The molecule has 5 nitrogen and oxygen atoms in total. The Morgan fingerprint density at radius 1 is 1.26 bits per heavy atom. The number of nitrogens with two attached hydrogens (primary N) is 1. The maximum absolute atomic E-state index is 11.9. The number of pyridine rings is 1. The molecule has 0 fully saturated rings. The van der Waals surface area contributed by atoms with Crippen LogP contribution < -0.4 is 15.8 Å². The van der Waals surface area contributed by atoms with Gasteiger partial charge in [0.1, 0.15) is 0 Å². The number of carbonyl (C=O) groups excluding carboxylic acids is 1. The third-order valence-corrected chi connectivity index (χ3v) is 2.66. The Morgan fingerprint density at radius 2 is 2.16 bits per heavy atom. The van der Waals surface area contributed by atoms with Gasteiger partial charge in [0.05, 0.1) is 11.4 Å². The van der Waals surface area contributed by atoms with Crippen LogP contribution in [0.2, 0.25) is 0 Å². The van der Waals surface area contributed by atoms with Crippen molar-refractivity contribution in [3.8, 4) is 5.75 Å². The summed E-state index contributed by atoms with van der Waals surface area (Å²) in [6.07, 6.45) is 3.24. The Hall–Kier alpha value is -2.82. The first-order valence-electron chi connectivity index (χ1n) is 5.74. The maximum Gasteiger partial charge on any atom is 0.291 e. The highest BCUT2D eigenvalue weighted by atomic mass is 16.5. The summed E-state index contributed by atoms with van der Waals surface area (Å²) < 4.78 is 5.56. The smallest absolute Gasteiger partial charge is 0.291 e. The van der Waals surface area contributed by atoms with Gasteiger partial charge in [-0.1, -0.05) is 6.07 Å². The van der Waals surface area contributed by atoms with Crippen LogP contribution in [0.15, 0.2) is 48.4 Å². The van der Waals surface area contributed by atoms with Crippen molar-refractivity contribution in [1.29, 1.82) is 0 Å². The van der Waals surface area contributed by atoms with Gasteiger partial charge in [-0.3, -0.25) is 9.78 Å². The van der Waals surface area contributed by atoms with Crippen molar-refractivity contribution in [2.45, 2.75) is 0 Å². The minimum atomic E-state index is -0.303. The van der Waals surface area contributed by atoms with Gasteiger partial charge in [0.2, 0.25) is 0 Å². The van der Waals surface area contributed by atoms with Crippen LogP contribution in [-0.2, 0) is 4.79 Å². The van der Waals surface area contributed by atoms with E-state index in [-0.39, 0.29) is 11.7 Å². The number of fused-ring (bicyclic) bond motifs is 1. The number of hydrogen-bond donors (Lipinski definition) is 2. The summed E-state index contributed by atoms with van der Waals surface area (Å²) in [4.78, 5) is 16.0. The van der Waals surface area contributed by atoms with Gasteiger partial charge in [-0.25, -0.2) is 0 Å². The molecule has 19 heavy (non-hydrogen) atoms. The number of anilines is 2. The molecule has 2 aromatic rings. The van der Waals surface area contributed by atoms with Crippen LogP contribution in [0.5, 0.6) is 5.75 Å². The number of aromatic nitrogens is 1.